The Morgan fingerprint density at radius 2 is 1.61 bits per heavy atom. The molecule has 0 radical (unpaired) electrons. The molecule has 0 aromatic heterocycles. The molecule has 2 amide bonds. The van der Waals surface area contributed by atoms with Gasteiger partial charge < -0.3 is 4.74 Å². The number of hydrogen-bond donors (Lipinski definition) is 0. The maximum Gasteiger partial charge on any atom is 0.308 e. The van der Waals surface area contributed by atoms with Crippen LogP contribution in [0.2, 0.25) is 0 Å². The van der Waals surface area contributed by atoms with Crippen molar-refractivity contribution >= 4 is 29.3 Å². The standard InChI is InChI=1S/C22H20N2O7/c25-17(11-1-3-12(4-2-11)24(29)30)10-31-18(26)7-8-23-21(27)19-13-5-6-14(16-9-15(13)16)20(19)22(23)28/h1-6,13-16,19-20H,7-10H2/t13-,14-,15-,16+,19-,20+/m0/s1. The normalized spacial score (nSPS) is 31.9. The molecule has 0 N–H and O–H groups in total. The van der Waals surface area contributed by atoms with E-state index in [-0.39, 0.29) is 59.7 Å². The molecule has 160 valence electrons. The van der Waals surface area contributed by atoms with Gasteiger partial charge in [0.15, 0.2) is 12.4 Å². The number of nitrogens with zero attached hydrogens (tertiary/aromatic N) is 2. The number of carbonyl (C=O) groups is 4. The fraction of sp³-hybridized carbons (Fsp3) is 0.455. The molecule has 31 heavy (non-hydrogen) atoms. The summed E-state index contributed by atoms with van der Waals surface area (Å²) in [6.45, 7) is -0.564. The van der Waals surface area contributed by atoms with E-state index in [0.717, 1.165) is 6.42 Å². The van der Waals surface area contributed by atoms with Gasteiger partial charge in [-0.2, -0.15) is 0 Å². The van der Waals surface area contributed by atoms with Crippen molar-refractivity contribution in [3.05, 3.63) is 52.1 Å². The van der Waals surface area contributed by atoms with Gasteiger partial charge in [-0.25, -0.2) is 0 Å². The first-order valence-corrected chi connectivity index (χ1v) is 10.3. The predicted molar refractivity (Wildman–Crippen MR) is 104 cm³/mol. The minimum atomic E-state index is -0.685. The Labute approximate surface area is 177 Å². The minimum Gasteiger partial charge on any atom is -0.457 e. The zero-order chi connectivity index (χ0) is 21.9. The summed E-state index contributed by atoms with van der Waals surface area (Å²) in [6, 6.07) is 4.99. The van der Waals surface area contributed by atoms with Crippen LogP contribution in [0.5, 0.6) is 0 Å². The lowest BCUT2D eigenvalue weighted by atomic mass is 9.63. The number of benzene rings is 1. The van der Waals surface area contributed by atoms with Crippen molar-refractivity contribution in [1.29, 1.82) is 0 Å². The van der Waals surface area contributed by atoms with Gasteiger partial charge >= 0.3 is 5.97 Å². The lowest BCUT2D eigenvalue weighted by molar-refractivity contribution is -0.384. The molecule has 0 spiro atoms. The van der Waals surface area contributed by atoms with Gasteiger partial charge in [0, 0.05) is 24.2 Å². The lowest BCUT2D eigenvalue weighted by Gasteiger charge is -2.37. The summed E-state index contributed by atoms with van der Waals surface area (Å²) in [5.41, 5.74) is 0.0453. The summed E-state index contributed by atoms with van der Waals surface area (Å²) in [5, 5.41) is 10.7. The van der Waals surface area contributed by atoms with Crippen LogP contribution in [0.15, 0.2) is 36.4 Å². The van der Waals surface area contributed by atoms with Crippen LogP contribution in [0.25, 0.3) is 0 Å². The number of carbonyl (C=O) groups excluding carboxylic acids is 4. The Morgan fingerprint density at radius 3 is 2.16 bits per heavy atom. The SMILES string of the molecule is O=C(CCN1C(=O)[C@@H]2[C@H]3C=C[C@@H]([C@@H]4C[C@H]34)[C@@H]2C1=O)OCC(=O)c1ccc([N+](=O)[O-])cc1. The molecule has 2 bridgehead atoms. The van der Waals surface area contributed by atoms with Crippen LogP contribution >= 0.6 is 0 Å². The van der Waals surface area contributed by atoms with Gasteiger partial charge in [0.2, 0.25) is 11.8 Å². The third-order valence-corrected chi connectivity index (χ3v) is 7.06. The van der Waals surface area contributed by atoms with Gasteiger partial charge in [-0.15, -0.1) is 0 Å². The molecule has 0 unspecified atom stereocenters. The zero-order valence-electron chi connectivity index (χ0n) is 16.5. The third kappa shape index (κ3) is 3.15. The monoisotopic (exact) mass is 424 g/mol. The molecule has 5 aliphatic rings. The third-order valence-electron chi connectivity index (χ3n) is 7.06. The van der Waals surface area contributed by atoms with Gasteiger partial charge in [0.1, 0.15) is 0 Å². The van der Waals surface area contributed by atoms with E-state index < -0.39 is 23.3 Å². The first kappa shape index (κ1) is 19.6. The van der Waals surface area contributed by atoms with Crippen molar-refractivity contribution in [3.8, 4) is 0 Å². The number of non-ortho nitro benzene ring substituents is 1. The summed E-state index contributed by atoms with van der Waals surface area (Å²) in [5.74, 6) is -0.882. The van der Waals surface area contributed by atoms with Crippen LogP contribution in [0.4, 0.5) is 5.69 Å². The van der Waals surface area contributed by atoms with Crippen LogP contribution in [-0.4, -0.2) is 46.5 Å². The van der Waals surface area contributed by atoms with Crippen LogP contribution in [-0.2, 0) is 19.1 Å². The van der Waals surface area contributed by atoms with E-state index in [4.69, 9.17) is 4.74 Å². The van der Waals surface area contributed by atoms with Crippen LogP contribution in [0.1, 0.15) is 23.2 Å². The highest BCUT2D eigenvalue weighted by molar-refractivity contribution is 6.06. The molecule has 1 aliphatic heterocycles. The number of esters is 1. The smallest absolute Gasteiger partial charge is 0.308 e. The molecule has 9 nitrogen and oxygen atoms in total. The van der Waals surface area contributed by atoms with Crippen molar-refractivity contribution < 1.29 is 28.8 Å². The van der Waals surface area contributed by atoms with Crippen LogP contribution < -0.4 is 0 Å². The van der Waals surface area contributed by atoms with Crippen LogP contribution in [0, 0.1) is 45.6 Å². The van der Waals surface area contributed by atoms with E-state index in [2.05, 4.69) is 12.2 Å². The topological polar surface area (TPSA) is 124 Å². The summed E-state index contributed by atoms with van der Waals surface area (Å²) >= 11 is 0. The van der Waals surface area contributed by atoms with E-state index in [1.807, 2.05) is 0 Å². The van der Waals surface area contributed by atoms with Crippen molar-refractivity contribution in [2.24, 2.45) is 35.5 Å². The summed E-state index contributed by atoms with van der Waals surface area (Å²) in [6.07, 6.45) is 5.09. The molecule has 1 aromatic carbocycles. The first-order valence-electron chi connectivity index (χ1n) is 10.3. The van der Waals surface area contributed by atoms with Crippen LogP contribution in [0.3, 0.4) is 0 Å². The Hall–Kier alpha value is -3.36. The molecule has 6 atom stereocenters. The Balaban J connectivity index is 1.14. The van der Waals surface area contributed by atoms with Gasteiger partial charge in [-0.05, 0) is 42.2 Å². The van der Waals surface area contributed by atoms with Crippen molar-refractivity contribution in [2.75, 3.05) is 13.2 Å². The number of ether oxygens (including phenoxy) is 1. The second-order valence-electron chi connectivity index (χ2n) is 8.62. The quantitative estimate of drug-likeness (QED) is 0.163. The number of ketones is 1. The molecule has 1 saturated heterocycles. The second kappa shape index (κ2) is 7.11. The largest absolute Gasteiger partial charge is 0.457 e. The lowest BCUT2D eigenvalue weighted by Crippen LogP contribution is -2.40. The van der Waals surface area contributed by atoms with E-state index in [9.17, 15) is 29.3 Å². The van der Waals surface area contributed by atoms with E-state index in [0.29, 0.717) is 11.8 Å². The highest BCUT2D eigenvalue weighted by Crippen LogP contribution is 2.65. The van der Waals surface area contributed by atoms with E-state index >= 15 is 0 Å². The maximum absolute atomic E-state index is 12.9. The number of amides is 2. The average Bonchev–Trinajstić information content (AvgIpc) is 3.55. The summed E-state index contributed by atoms with van der Waals surface area (Å²) in [7, 11) is 0. The number of likely N-dealkylation sites (tertiary alicyclic amines) is 1. The fourth-order valence-corrected chi connectivity index (χ4v) is 5.51. The first-order chi connectivity index (χ1) is 14.9. The molecular formula is C22H20N2O7. The highest BCUT2D eigenvalue weighted by atomic mass is 16.6. The molecule has 1 heterocycles. The van der Waals surface area contributed by atoms with Gasteiger partial charge in [-0.1, -0.05) is 12.2 Å². The summed E-state index contributed by atoms with van der Waals surface area (Å²) < 4.78 is 4.98. The predicted octanol–water partition coefficient (Wildman–Crippen LogP) is 1.76. The molecular weight excluding hydrogens is 404 g/mol. The van der Waals surface area contributed by atoms with Gasteiger partial charge in [0.25, 0.3) is 5.69 Å². The summed E-state index contributed by atoms with van der Waals surface area (Å²) in [4.78, 5) is 61.2. The Morgan fingerprint density at radius 1 is 1.03 bits per heavy atom. The number of Topliss-reactive ketones (excluding diaryl/α,β-unsaturated/α-hetero) is 1. The molecule has 1 aromatic rings. The number of hydrogen-bond acceptors (Lipinski definition) is 7. The second-order valence-corrected chi connectivity index (χ2v) is 8.62. The molecule has 9 heteroatoms. The number of nitro groups is 1. The zero-order valence-corrected chi connectivity index (χ0v) is 16.5. The molecule has 6 rings (SSSR count). The maximum atomic E-state index is 12.9. The number of imide groups is 1. The van der Waals surface area contributed by atoms with Crippen molar-refractivity contribution in [3.63, 3.8) is 0 Å². The molecule has 4 aliphatic carbocycles. The van der Waals surface area contributed by atoms with Crippen molar-refractivity contribution in [2.45, 2.75) is 12.8 Å². The molecule has 2 saturated carbocycles. The Bertz CT molecular complexity index is 995. The van der Waals surface area contributed by atoms with Gasteiger partial charge in [-0.3, -0.25) is 34.2 Å². The Kier molecular flexibility index (Phi) is 4.49. The number of allylic oxidation sites excluding steroid dienone is 2. The highest BCUT2D eigenvalue weighted by Gasteiger charge is 2.66. The number of rotatable bonds is 7. The van der Waals surface area contributed by atoms with Gasteiger partial charge in [0.05, 0.1) is 23.2 Å². The van der Waals surface area contributed by atoms with E-state index in [1.165, 1.54) is 29.2 Å². The minimum absolute atomic E-state index is 0.0516. The number of nitro benzene ring substituents is 1. The fourth-order valence-electron chi connectivity index (χ4n) is 5.51. The average molecular weight is 424 g/mol. The van der Waals surface area contributed by atoms with Crippen molar-refractivity contribution in [1.82, 2.24) is 4.90 Å². The molecule has 3 fully saturated rings. The van der Waals surface area contributed by atoms with E-state index in [1.54, 1.807) is 0 Å².